The maximum absolute atomic E-state index is 13.1. The molecule has 0 spiro atoms. The number of hydrogen-bond acceptors (Lipinski definition) is 4. The number of rotatable bonds is 6. The Morgan fingerprint density at radius 1 is 1.30 bits per heavy atom. The first-order chi connectivity index (χ1) is 9.56. The number of carbonyl (C=O) groups is 1. The molecule has 1 N–H and O–H groups in total. The van der Waals surface area contributed by atoms with Crippen molar-refractivity contribution >= 4 is 5.97 Å². The molecule has 2 aromatic rings. The normalized spacial score (nSPS) is 10.7. The molecule has 0 amide bonds. The highest BCUT2D eigenvalue weighted by molar-refractivity contribution is 5.66. The second-order valence-electron chi connectivity index (χ2n) is 4.24. The minimum absolute atomic E-state index is 0.0183. The third-order valence-corrected chi connectivity index (χ3v) is 2.71. The predicted octanol–water partition coefficient (Wildman–Crippen LogP) is 1.41. The van der Waals surface area contributed by atoms with E-state index >= 15 is 0 Å². The Bertz CT molecular complexity index is 615. The van der Waals surface area contributed by atoms with Crippen LogP contribution >= 0.6 is 0 Å². The molecule has 0 fully saturated rings. The Labute approximate surface area is 113 Å². The Morgan fingerprint density at radius 2 is 2.10 bits per heavy atom. The highest BCUT2D eigenvalue weighted by Gasteiger charge is 2.10. The van der Waals surface area contributed by atoms with Crippen molar-refractivity contribution in [2.45, 2.75) is 25.8 Å². The van der Waals surface area contributed by atoms with Crippen LogP contribution < -0.4 is 0 Å². The number of halogens is 2. The van der Waals surface area contributed by atoms with E-state index in [1.165, 1.54) is 10.7 Å². The van der Waals surface area contributed by atoms with Gasteiger partial charge in [-0.15, -0.1) is 5.10 Å². The lowest BCUT2D eigenvalue weighted by Gasteiger charge is -2.04. The summed E-state index contributed by atoms with van der Waals surface area (Å²) in [6.07, 6.45) is 0.660. The van der Waals surface area contributed by atoms with Crippen molar-refractivity contribution in [3.8, 4) is 0 Å². The standard InChI is InChI=1S/C12H12F2N4O2/c13-9-4-3-8(6-10(9)14)7-11-15-16-17-18(11)5-1-2-12(19)20/h3-4,6H,1-2,5,7H2,(H,19,20). The second kappa shape index (κ2) is 6.18. The van der Waals surface area contributed by atoms with Crippen molar-refractivity contribution in [3.63, 3.8) is 0 Å². The van der Waals surface area contributed by atoms with Crippen LogP contribution in [0.25, 0.3) is 0 Å². The molecule has 20 heavy (non-hydrogen) atoms. The summed E-state index contributed by atoms with van der Waals surface area (Å²) in [7, 11) is 0. The number of aromatic nitrogens is 4. The lowest BCUT2D eigenvalue weighted by Crippen LogP contribution is -2.08. The average molecular weight is 282 g/mol. The third kappa shape index (κ3) is 3.56. The van der Waals surface area contributed by atoms with E-state index in [0.717, 1.165) is 12.1 Å². The number of tetrazole rings is 1. The van der Waals surface area contributed by atoms with E-state index < -0.39 is 17.6 Å². The van der Waals surface area contributed by atoms with E-state index in [1.807, 2.05) is 0 Å². The van der Waals surface area contributed by atoms with Crippen LogP contribution in [0.4, 0.5) is 8.78 Å². The summed E-state index contributed by atoms with van der Waals surface area (Å²) >= 11 is 0. The first kappa shape index (κ1) is 14.0. The molecule has 8 heteroatoms. The fourth-order valence-electron chi connectivity index (χ4n) is 1.74. The van der Waals surface area contributed by atoms with Gasteiger partial charge in [0.05, 0.1) is 0 Å². The highest BCUT2D eigenvalue weighted by Crippen LogP contribution is 2.12. The first-order valence-corrected chi connectivity index (χ1v) is 5.97. The van der Waals surface area contributed by atoms with E-state index in [9.17, 15) is 13.6 Å². The van der Waals surface area contributed by atoms with Crippen LogP contribution in [0, 0.1) is 11.6 Å². The fourth-order valence-corrected chi connectivity index (χ4v) is 1.74. The van der Waals surface area contributed by atoms with Gasteiger partial charge >= 0.3 is 5.97 Å². The molecule has 0 atom stereocenters. The summed E-state index contributed by atoms with van der Waals surface area (Å²) in [6.45, 7) is 0.359. The van der Waals surface area contributed by atoms with E-state index in [4.69, 9.17) is 5.11 Å². The molecular formula is C12H12F2N4O2. The molecule has 0 saturated carbocycles. The van der Waals surface area contributed by atoms with Crippen LogP contribution in [-0.2, 0) is 17.8 Å². The molecule has 0 aliphatic rings. The molecule has 0 unspecified atom stereocenters. The zero-order valence-electron chi connectivity index (χ0n) is 10.5. The van der Waals surface area contributed by atoms with Crippen LogP contribution in [0.15, 0.2) is 18.2 Å². The molecule has 0 aliphatic carbocycles. The van der Waals surface area contributed by atoms with Gasteiger partial charge in [0.25, 0.3) is 0 Å². The number of nitrogens with zero attached hydrogens (tertiary/aromatic N) is 4. The molecule has 106 valence electrons. The van der Waals surface area contributed by atoms with E-state index in [2.05, 4.69) is 15.5 Å². The smallest absolute Gasteiger partial charge is 0.303 e. The van der Waals surface area contributed by atoms with Crippen LogP contribution in [0.2, 0.25) is 0 Å². The van der Waals surface area contributed by atoms with Gasteiger partial charge in [0.2, 0.25) is 0 Å². The van der Waals surface area contributed by atoms with Crippen molar-refractivity contribution in [1.82, 2.24) is 20.2 Å². The first-order valence-electron chi connectivity index (χ1n) is 5.97. The lowest BCUT2D eigenvalue weighted by molar-refractivity contribution is -0.137. The SMILES string of the molecule is O=C(O)CCCn1nnnc1Cc1ccc(F)c(F)c1. The molecule has 6 nitrogen and oxygen atoms in total. The van der Waals surface area contributed by atoms with E-state index in [0.29, 0.717) is 24.4 Å². The minimum atomic E-state index is -0.924. The van der Waals surface area contributed by atoms with Gasteiger partial charge < -0.3 is 5.11 Å². The maximum atomic E-state index is 13.1. The molecule has 0 saturated heterocycles. The van der Waals surface area contributed by atoms with Gasteiger partial charge in [0.15, 0.2) is 17.5 Å². The summed E-state index contributed by atoms with van der Waals surface area (Å²) in [4.78, 5) is 10.4. The van der Waals surface area contributed by atoms with Crippen LogP contribution in [0.5, 0.6) is 0 Å². The number of carboxylic acids is 1. The fraction of sp³-hybridized carbons (Fsp3) is 0.333. The number of aliphatic carboxylic acids is 1. The average Bonchev–Trinajstić information content (AvgIpc) is 2.81. The number of hydrogen-bond donors (Lipinski definition) is 1. The Balaban J connectivity index is 2.04. The predicted molar refractivity (Wildman–Crippen MR) is 63.9 cm³/mol. The second-order valence-corrected chi connectivity index (χ2v) is 4.24. The molecule has 1 heterocycles. The Kier molecular flexibility index (Phi) is 4.34. The minimum Gasteiger partial charge on any atom is -0.481 e. The monoisotopic (exact) mass is 282 g/mol. The number of benzene rings is 1. The van der Waals surface area contributed by atoms with Crippen molar-refractivity contribution in [2.24, 2.45) is 0 Å². The van der Waals surface area contributed by atoms with Gasteiger partial charge in [-0.05, 0) is 34.5 Å². The van der Waals surface area contributed by atoms with Gasteiger partial charge in [-0.1, -0.05) is 6.07 Å². The number of aryl methyl sites for hydroxylation is 1. The van der Waals surface area contributed by atoms with Gasteiger partial charge in [0, 0.05) is 19.4 Å². The van der Waals surface area contributed by atoms with Gasteiger partial charge in [0.1, 0.15) is 0 Å². The van der Waals surface area contributed by atoms with Crippen LogP contribution in [-0.4, -0.2) is 31.3 Å². The Hall–Kier alpha value is -2.38. The van der Waals surface area contributed by atoms with Gasteiger partial charge in [-0.3, -0.25) is 4.79 Å². The summed E-state index contributed by atoms with van der Waals surface area (Å²) in [5, 5.41) is 19.6. The zero-order valence-corrected chi connectivity index (χ0v) is 10.5. The van der Waals surface area contributed by atoms with Crippen molar-refractivity contribution in [3.05, 3.63) is 41.2 Å². The summed E-state index contributed by atoms with van der Waals surface area (Å²) < 4.78 is 27.4. The van der Waals surface area contributed by atoms with Crippen LogP contribution in [0.3, 0.4) is 0 Å². The summed E-state index contributed by atoms with van der Waals surface area (Å²) in [5.41, 5.74) is 0.540. The molecule has 1 aromatic heterocycles. The van der Waals surface area contributed by atoms with Crippen molar-refractivity contribution in [1.29, 1.82) is 0 Å². The van der Waals surface area contributed by atoms with Gasteiger partial charge in [-0.2, -0.15) is 0 Å². The molecule has 0 radical (unpaired) electrons. The van der Waals surface area contributed by atoms with Gasteiger partial charge in [-0.25, -0.2) is 13.5 Å². The van der Waals surface area contributed by atoms with E-state index in [-0.39, 0.29) is 12.8 Å². The summed E-state index contributed by atoms with van der Waals surface area (Å²) in [5.74, 6) is -2.25. The van der Waals surface area contributed by atoms with E-state index in [1.54, 1.807) is 0 Å². The highest BCUT2D eigenvalue weighted by atomic mass is 19.2. The topological polar surface area (TPSA) is 80.9 Å². The Morgan fingerprint density at radius 3 is 2.80 bits per heavy atom. The van der Waals surface area contributed by atoms with Crippen LogP contribution in [0.1, 0.15) is 24.2 Å². The number of carboxylic acid groups (broad SMARTS) is 1. The summed E-state index contributed by atoms with van der Waals surface area (Å²) in [6, 6.07) is 3.59. The zero-order chi connectivity index (χ0) is 14.5. The largest absolute Gasteiger partial charge is 0.481 e. The molecule has 1 aromatic carbocycles. The molecule has 0 bridgehead atoms. The molecule has 0 aliphatic heterocycles. The molecule has 2 rings (SSSR count). The quantitative estimate of drug-likeness (QED) is 0.866. The lowest BCUT2D eigenvalue weighted by atomic mass is 10.1. The third-order valence-electron chi connectivity index (χ3n) is 2.71. The van der Waals surface area contributed by atoms with Crippen molar-refractivity contribution < 1.29 is 18.7 Å². The van der Waals surface area contributed by atoms with Crippen molar-refractivity contribution in [2.75, 3.05) is 0 Å². The molecular weight excluding hydrogens is 270 g/mol. The maximum Gasteiger partial charge on any atom is 0.303 e.